The van der Waals surface area contributed by atoms with Crippen molar-refractivity contribution in [1.82, 2.24) is 14.4 Å². The molecule has 1 aliphatic carbocycles. The first-order valence-corrected chi connectivity index (χ1v) is 11.9. The van der Waals surface area contributed by atoms with Crippen LogP contribution in [0.2, 0.25) is 0 Å². The van der Waals surface area contributed by atoms with Gasteiger partial charge in [0.2, 0.25) is 0 Å². The highest BCUT2D eigenvalue weighted by Gasteiger charge is 2.50. The van der Waals surface area contributed by atoms with E-state index in [1.807, 2.05) is 4.90 Å². The average Bonchev–Trinajstić information content (AvgIpc) is 3.17. The van der Waals surface area contributed by atoms with Crippen LogP contribution in [0.5, 0.6) is 5.75 Å². The zero-order valence-corrected chi connectivity index (χ0v) is 19.8. The van der Waals surface area contributed by atoms with Crippen LogP contribution in [0.25, 0.3) is 0 Å². The van der Waals surface area contributed by atoms with Gasteiger partial charge in [-0.05, 0) is 51.3 Å². The van der Waals surface area contributed by atoms with E-state index in [1.54, 1.807) is 30.1 Å². The quantitative estimate of drug-likeness (QED) is 0.641. The average molecular weight is 498 g/mol. The molecule has 1 saturated carbocycles. The monoisotopic (exact) mass is 497 g/mol. The smallest absolute Gasteiger partial charge is 0.431 e. The minimum atomic E-state index is -4.63. The lowest BCUT2D eigenvalue weighted by Gasteiger charge is -2.50. The summed E-state index contributed by atoms with van der Waals surface area (Å²) in [5.74, 6) is -0.619. The van der Waals surface area contributed by atoms with Gasteiger partial charge in [0.1, 0.15) is 17.3 Å². The lowest BCUT2D eigenvalue weighted by Crippen LogP contribution is -2.57. The van der Waals surface area contributed by atoms with E-state index in [-0.39, 0.29) is 32.7 Å². The summed E-state index contributed by atoms with van der Waals surface area (Å²) in [5, 5.41) is 10.7. The number of nitrogens with zero attached hydrogens (tertiary/aromatic N) is 3. The van der Waals surface area contributed by atoms with Crippen LogP contribution in [0, 0.1) is 5.82 Å². The molecule has 2 aliphatic heterocycles. The maximum absolute atomic E-state index is 14.9. The van der Waals surface area contributed by atoms with Gasteiger partial charge in [0.15, 0.2) is 0 Å². The molecular weight excluding hydrogens is 466 g/mol. The molecule has 1 amide bonds. The SMILES string of the molecule is COc1cc(C(=O)N2CCC3(CC2)c2c(F)cc(C(F)(F)F)n2CCN3C)ccc1C1(O)CCC1.[HH]. The summed E-state index contributed by atoms with van der Waals surface area (Å²) in [7, 11) is 3.30. The summed E-state index contributed by atoms with van der Waals surface area (Å²) in [6, 6.07) is 5.63. The number of rotatable bonds is 3. The van der Waals surface area contributed by atoms with Crippen molar-refractivity contribution < 1.29 is 33.6 Å². The van der Waals surface area contributed by atoms with E-state index in [0.29, 0.717) is 55.2 Å². The summed E-state index contributed by atoms with van der Waals surface area (Å²) in [6.07, 6.45) is -1.77. The van der Waals surface area contributed by atoms with Gasteiger partial charge in [-0.25, -0.2) is 4.39 Å². The molecule has 1 N–H and O–H groups in total. The number of benzene rings is 1. The molecule has 5 rings (SSSR count). The maximum atomic E-state index is 14.9. The third-order valence-corrected chi connectivity index (χ3v) is 8.18. The molecule has 0 radical (unpaired) electrons. The number of likely N-dealkylation sites (tertiary alicyclic amines) is 1. The fourth-order valence-corrected chi connectivity index (χ4v) is 5.97. The van der Waals surface area contributed by atoms with Gasteiger partial charge in [0, 0.05) is 44.8 Å². The molecule has 1 aromatic carbocycles. The second-order valence-corrected chi connectivity index (χ2v) is 9.92. The van der Waals surface area contributed by atoms with E-state index < -0.39 is 28.8 Å². The zero-order chi connectivity index (χ0) is 25.2. The number of halogens is 4. The Kier molecular flexibility index (Phi) is 5.67. The molecule has 1 saturated heterocycles. The standard InChI is InChI=1S/C25H29F4N3O3.H2/c1-30-12-13-32-20(25(27,28)29)15-18(26)21(32)23(30)8-10-31(11-9-23)22(33)16-4-5-17(19(14-16)35-2)24(34)6-3-7-24;/h4-5,14-15,34H,3,6-13H2,1-2H3;1H. The van der Waals surface area contributed by atoms with Crippen molar-refractivity contribution in [1.29, 1.82) is 0 Å². The molecule has 2 fully saturated rings. The van der Waals surface area contributed by atoms with E-state index >= 15 is 0 Å². The Balaban J connectivity index is 0.00000304. The number of amides is 1. The maximum Gasteiger partial charge on any atom is 0.431 e. The number of carbonyl (C=O) groups is 1. The Morgan fingerprint density at radius 1 is 1.09 bits per heavy atom. The van der Waals surface area contributed by atoms with Crippen molar-refractivity contribution in [2.75, 3.05) is 33.8 Å². The van der Waals surface area contributed by atoms with E-state index in [2.05, 4.69) is 0 Å². The molecule has 6 nitrogen and oxygen atoms in total. The van der Waals surface area contributed by atoms with Gasteiger partial charge in [-0.3, -0.25) is 9.69 Å². The summed E-state index contributed by atoms with van der Waals surface area (Å²) in [4.78, 5) is 16.8. The topological polar surface area (TPSA) is 57.9 Å². The highest BCUT2D eigenvalue weighted by molar-refractivity contribution is 5.95. The highest BCUT2D eigenvalue weighted by atomic mass is 19.4. The van der Waals surface area contributed by atoms with Crippen LogP contribution in [-0.4, -0.2) is 59.2 Å². The lowest BCUT2D eigenvalue weighted by molar-refractivity contribution is -0.144. The van der Waals surface area contributed by atoms with Gasteiger partial charge in [0.05, 0.1) is 23.9 Å². The van der Waals surface area contributed by atoms with E-state index in [9.17, 15) is 27.5 Å². The lowest BCUT2D eigenvalue weighted by atomic mass is 9.74. The Morgan fingerprint density at radius 2 is 1.77 bits per heavy atom. The molecule has 0 unspecified atom stereocenters. The molecule has 1 spiro atoms. The molecule has 3 aliphatic rings. The second kappa shape index (κ2) is 8.23. The van der Waals surface area contributed by atoms with Crippen LogP contribution < -0.4 is 4.74 Å². The number of aromatic nitrogens is 1. The Morgan fingerprint density at radius 3 is 2.34 bits per heavy atom. The number of hydrogen-bond donors (Lipinski definition) is 1. The normalized spacial score (nSPS) is 21.5. The molecule has 0 bridgehead atoms. The minimum absolute atomic E-state index is 0. The fourth-order valence-electron chi connectivity index (χ4n) is 5.97. The first-order chi connectivity index (χ1) is 16.5. The summed E-state index contributed by atoms with van der Waals surface area (Å²) >= 11 is 0. The van der Waals surface area contributed by atoms with Crippen molar-refractivity contribution in [3.63, 3.8) is 0 Å². The van der Waals surface area contributed by atoms with Gasteiger partial charge in [-0.2, -0.15) is 13.2 Å². The summed E-state index contributed by atoms with van der Waals surface area (Å²) in [5.41, 5.74) is -1.65. The number of fused-ring (bicyclic) bond motifs is 2. The van der Waals surface area contributed by atoms with Gasteiger partial charge in [0.25, 0.3) is 5.91 Å². The zero-order valence-electron chi connectivity index (χ0n) is 19.8. The molecule has 0 atom stereocenters. The molecule has 3 heterocycles. The van der Waals surface area contributed by atoms with Crippen molar-refractivity contribution >= 4 is 5.91 Å². The molecule has 2 aromatic rings. The number of aliphatic hydroxyl groups is 1. The van der Waals surface area contributed by atoms with Crippen LogP contribution in [0.15, 0.2) is 24.3 Å². The predicted octanol–water partition coefficient (Wildman–Crippen LogP) is 4.35. The highest BCUT2D eigenvalue weighted by Crippen LogP contribution is 2.47. The van der Waals surface area contributed by atoms with E-state index in [1.165, 1.54) is 7.11 Å². The van der Waals surface area contributed by atoms with Gasteiger partial charge >= 0.3 is 6.18 Å². The number of hydrogen-bond acceptors (Lipinski definition) is 4. The van der Waals surface area contributed by atoms with E-state index in [0.717, 1.165) is 11.0 Å². The molecular formula is C25H31F4N3O3. The van der Waals surface area contributed by atoms with E-state index in [4.69, 9.17) is 4.74 Å². The number of alkyl halides is 3. The predicted molar refractivity (Wildman–Crippen MR) is 122 cm³/mol. The molecule has 35 heavy (non-hydrogen) atoms. The van der Waals surface area contributed by atoms with Crippen LogP contribution in [-0.2, 0) is 23.9 Å². The first-order valence-electron chi connectivity index (χ1n) is 11.9. The Bertz CT molecular complexity index is 1150. The van der Waals surface area contributed by atoms with Gasteiger partial charge < -0.3 is 19.3 Å². The summed E-state index contributed by atoms with van der Waals surface area (Å²) in [6.45, 7) is 0.986. The molecule has 10 heteroatoms. The van der Waals surface area contributed by atoms with Gasteiger partial charge in [-0.15, -0.1) is 0 Å². The first kappa shape index (κ1) is 24.1. The van der Waals surface area contributed by atoms with Crippen molar-refractivity contribution in [2.45, 2.75) is 56.0 Å². The van der Waals surface area contributed by atoms with Crippen molar-refractivity contribution in [3.8, 4) is 5.75 Å². The van der Waals surface area contributed by atoms with Crippen LogP contribution >= 0.6 is 0 Å². The van der Waals surface area contributed by atoms with Crippen molar-refractivity contribution in [2.24, 2.45) is 0 Å². The van der Waals surface area contributed by atoms with Crippen LogP contribution in [0.4, 0.5) is 17.6 Å². The Labute approximate surface area is 202 Å². The number of likely N-dealkylation sites (N-methyl/N-ethyl adjacent to an activating group) is 1. The largest absolute Gasteiger partial charge is 0.496 e. The van der Waals surface area contributed by atoms with Crippen molar-refractivity contribution in [3.05, 3.63) is 52.6 Å². The molecule has 1 aromatic heterocycles. The number of piperidine rings is 1. The summed E-state index contributed by atoms with van der Waals surface area (Å²) < 4.78 is 62.0. The third kappa shape index (κ3) is 3.72. The second-order valence-electron chi connectivity index (χ2n) is 9.92. The van der Waals surface area contributed by atoms with Crippen LogP contribution in [0.3, 0.4) is 0 Å². The fraction of sp³-hybridized carbons (Fsp3) is 0.560. The number of ether oxygens (including phenoxy) is 1. The number of methoxy groups -OCH3 is 1. The number of carbonyl (C=O) groups excluding carboxylic acids is 1. The Hall–Kier alpha value is -2.59. The van der Waals surface area contributed by atoms with Crippen LogP contribution in [0.1, 0.15) is 60.8 Å². The van der Waals surface area contributed by atoms with Gasteiger partial charge in [-0.1, -0.05) is 6.07 Å². The third-order valence-electron chi connectivity index (χ3n) is 8.18. The molecule has 192 valence electrons. The minimum Gasteiger partial charge on any atom is -0.496 e.